The van der Waals surface area contributed by atoms with Crippen molar-refractivity contribution in [2.45, 2.75) is 12.6 Å². The molecule has 0 aromatic carbocycles. The second kappa shape index (κ2) is 4.08. The molecule has 0 fully saturated rings. The largest absolute Gasteiger partial charge is 0.368 e. The molecule has 0 heterocycles. The van der Waals surface area contributed by atoms with Crippen LogP contribution in [0.25, 0.3) is 0 Å². The predicted molar refractivity (Wildman–Crippen MR) is 45.3 cm³/mol. The summed E-state index contributed by atoms with van der Waals surface area (Å²) in [5.74, 6) is 0. The van der Waals surface area contributed by atoms with E-state index in [2.05, 4.69) is 17.3 Å². The minimum atomic E-state index is -1.36. The smallest absolute Gasteiger partial charge is 0.361 e. The molecule has 0 saturated heterocycles. The van der Waals surface area contributed by atoms with Gasteiger partial charge in [-0.05, 0) is 13.0 Å². The van der Waals surface area contributed by atoms with Crippen LogP contribution in [0.2, 0.25) is 0 Å². The van der Waals surface area contributed by atoms with E-state index in [1.54, 1.807) is 14.1 Å². The van der Waals surface area contributed by atoms with Crippen molar-refractivity contribution in [1.29, 1.82) is 0 Å². The topological polar surface area (TPSA) is 65.8 Å². The van der Waals surface area contributed by atoms with Crippen LogP contribution in [-0.4, -0.2) is 31.0 Å². The van der Waals surface area contributed by atoms with Crippen LogP contribution in [0.4, 0.5) is 4.79 Å². The fraction of sp³-hybridized carbons (Fsp3) is 0.571. The summed E-state index contributed by atoms with van der Waals surface area (Å²) >= 11 is 0. The van der Waals surface area contributed by atoms with Crippen molar-refractivity contribution in [2.24, 2.45) is 0 Å². The lowest BCUT2D eigenvalue weighted by Gasteiger charge is -2.20. The molecule has 0 aliphatic rings. The third-order valence-corrected chi connectivity index (χ3v) is 1.13. The molecule has 1 unspecified atom stereocenters. The molecule has 0 radical (unpaired) electrons. The van der Waals surface area contributed by atoms with Crippen molar-refractivity contribution < 1.29 is 14.9 Å². The number of carbonyl (C=O) groups excluding carboxylic acids is 1. The van der Waals surface area contributed by atoms with Crippen LogP contribution in [0.5, 0.6) is 0 Å². The average Bonchev–Trinajstić information content (AvgIpc) is 1.84. The maximum atomic E-state index is 11.0. The molecule has 0 spiro atoms. The lowest BCUT2D eigenvalue weighted by molar-refractivity contribution is -0.896. The summed E-state index contributed by atoms with van der Waals surface area (Å²) in [6.45, 7) is 4.80. The normalized spacial score (nSPS) is 15.1. The van der Waals surface area contributed by atoms with Gasteiger partial charge < -0.3 is 10.4 Å². The van der Waals surface area contributed by atoms with Crippen molar-refractivity contribution in [2.75, 3.05) is 14.1 Å². The number of amides is 2. The molecule has 0 bridgehead atoms. The van der Waals surface area contributed by atoms with E-state index in [0.29, 0.717) is 0 Å². The number of quaternary nitrogens is 1. The summed E-state index contributed by atoms with van der Waals surface area (Å²) in [6.07, 6.45) is 1.25. The van der Waals surface area contributed by atoms with Crippen molar-refractivity contribution in [1.82, 2.24) is 10.7 Å². The first-order valence-electron chi connectivity index (χ1n) is 3.62. The molecule has 0 aliphatic heterocycles. The summed E-state index contributed by atoms with van der Waals surface area (Å²) in [5, 5.41) is 12.4. The molecule has 0 saturated carbocycles. The molecule has 5 nitrogen and oxygen atoms in total. The zero-order valence-corrected chi connectivity index (χ0v) is 7.64. The van der Waals surface area contributed by atoms with Crippen molar-refractivity contribution in [3.63, 3.8) is 0 Å². The number of urea groups is 1. The summed E-state index contributed by atoms with van der Waals surface area (Å²) in [4.78, 5) is 11.0. The fourth-order valence-corrected chi connectivity index (χ4v) is 0.539. The summed E-state index contributed by atoms with van der Waals surface area (Å²) < 4.78 is 0. The maximum Gasteiger partial charge on any atom is 0.361 e. The van der Waals surface area contributed by atoms with Crippen molar-refractivity contribution in [3.05, 3.63) is 12.7 Å². The van der Waals surface area contributed by atoms with Crippen LogP contribution < -0.4 is 15.8 Å². The molecule has 2 amide bonds. The monoisotopic (exact) mass is 174 g/mol. The van der Waals surface area contributed by atoms with Gasteiger partial charge in [-0.25, -0.2) is 9.80 Å². The van der Waals surface area contributed by atoms with Gasteiger partial charge in [-0.3, -0.25) is 0 Å². The second-order valence-corrected chi connectivity index (χ2v) is 2.93. The quantitative estimate of drug-likeness (QED) is 0.233. The van der Waals surface area contributed by atoms with Crippen molar-refractivity contribution in [3.8, 4) is 0 Å². The zero-order chi connectivity index (χ0) is 9.78. The highest BCUT2D eigenvalue weighted by molar-refractivity contribution is 5.73. The average molecular weight is 174 g/mol. The molecule has 12 heavy (non-hydrogen) atoms. The van der Waals surface area contributed by atoms with Crippen LogP contribution >= 0.6 is 0 Å². The Hall–Kier alpha value is -1.07. The van der Waals surface area contributed by atoms with E-state index >= 15 is 0 Å². The minimum Gasteiger partial charge on any atom is -0.368 e. The highest BCUT2D eigenvalue weighted by Gasteiger charge is 2.18. The SMILES string of the molecule is C=CC(C)(O)NC(=O)N[NH+](C)C. The molecule has 0 aromatic rings. The van der Waals surface area contributed by atoms with E-state index in [4.69, 9.17) is 0 Å². The number of nitrogens with one attached hydrogen (secondary N) is 3. The van der Waals surface area contributed by atoms with E-state index < -0.39 is 11.8 Å². The Morgan fingerprint density at radius 2 is 2.17 bits per heavy atom. The number of rotatable bonds is 3. The van der Waals surface area contributed by atoms with E-state index in [1.807, 2.05) is 0 Å². The van der Waals surface area contributed by atoms with Gasteiger partial charge in [0.05, 0.1) is 14.1 Å². The molecular formula is C7H16N3O2+. The molecule has 0 aliphatic carbocycles. The maximum absolute atomic E-state index is 11.0. The molecule has 0 aromatic heterocycles. The van der Waals surface area contributed by atoms with Crippen LogP contribution in [0, 0.1) is 0 Å². The van der Waals surface area contributed by atoms with Crippen molar-refractivity contribution >= 4 is 6.03 Å². The molecule has 0 rings (SSSR count). The number of hydrogen-bond donors (Lipinski definition) is 4. The first-order chi connectivity index (χ1) is 5.37. The Morgan fingerprint density at radius 3 is 2.50 bits per heavy atom. The highest BCUT2D eigenvalue weighted by Crippen LogP contribution is 1.96. The lowest BCUT2D eigenvalue weighted by atomic mass is 10.3. The molecule has 1 atom stereocenters. The standard InChI is InChI=1S/C7H15N3O2/c1-5-7(2,12)8-6(11)9-10(3)4/h5,12H,1H2,2-4H3,(H2,8,9,11)/p+1. The molecule has 70 valence electrons. The van der Waals surface area contributed by atoms with Gasteiger partial charge >= 0.3 is 6.03 Å². The van der Waals surface area contributed by atoms with Crippen LogP contribution in [-0.2, 0) is 0 Å². The second-order valence-electron chi connectivity index (χ2n) is 2.93. The minimum absolute atomic E-state index is 0.445. The van der Waals surface area contributed by atoms with Gasteiger partial charge in [-0.1, -0.05) is 6.58 Å². The van der Waals surface area contributed by atoms with Gasteiger partial charge in [-0.2, -0.15) is 5.43 Å². The van der Waals surface area contributed by atoms with Gasteiger partial charge in [0.2, 0.25) is 0 Å². The van der Waals surface area contributed by atoms with Gasteiger partial charge in [-0.15, -0.1) is 0 Å². The number of carbonyl (C=O) groups is 1. The lowest BCUT2D eigenvalue weighted by Crippen LogP contribution is -3.14. The summed E-state index contributed by atoms with van der Waals surface area (Å²) in [6, 6.07) is -0.445. The van der Waals surface area contributed by atoms with Crippen LogP contribution in [0.15, 0.2) is 12.7 Å². The molecule has 5 heteroatoms. The summed E-state index contributed by atoms with van der Waals surface area (Å²) in [5.41, 5.74) is 1.13. The number of hydrogen-bond acceptors (Lipinski definition) is 2. The Labute approximate surface area is 72.0 Å². The summed E-state index contributed by atoms with van der Waals surface area (Å²) in [7, 11) is 3.50. The van der Waals surface area contributed by atoms with Gasteiger partial charge in [0.25, 0.3) is 0 Å². The Morgan fingerprint density at radius 1 is 1.67 bits per heavy atom. The fourth-order valence-electron chi connectivity index (χ4n) is 0.539. The zero-order valence-electron chi connectivity index (χ0n) is 7.64. The van der Waals surface area contributed by atoms with Gasteiger partial charge in [0, 0.05) is 0 Å². The third kappa shape index (κ3) is 4.70. The van der Waals surface area contributed by atoms with Crippen LogP contribution in [0.3, 0.4) is 0 Å². The van der Waals surface area contributed by atoms with Crippen LogP contribution in [0.1, 0.15) is 6.92 Å². The highest BCUT2D eigenvalue weighted by atomic mass is 16.3. The van der Waals surface area contributed by atoms with Gasteiger partial charge in [0.15, 0.2) is 5.72 Å². The Kier molecular flexibility index (Phi) is 3.72. The van der Waals surface area contributed by atoms with E-state index in [-0.39, 0.29) is 0 Å². The first-order valence-corrected chi connectivity index (χ1v) is 3.62. The van der Waals surface area contributed by atoms with E-state index in [1.165, 1.54) is 13.0 Å². The third-order valence-electron chi connectivity index (χ3n) is 1.13. The molecule has 4 N–H and O–H groups in total. The number of aliphatic hydroxyl groups is 1. The Bertz CT molecular complexity index is 177. The Balaban J connectivity index is 3.92. The van der Waals surface area contributed by atoms with E-state index in [9.17, 15) is 9.90 Å². The molecular weight excluding hydrogens is 158 g/mol. The van der Waals surface area contributed by atoms with E-state index in [0.717, 1.165) is 5.01 Å². The first kappa shape index (κ1) is 10.9. The predicted octanol–water partition coefficient (Wildman–Crippen LogP) is -1.76. The van der Waals surface area contributed by atoms with Gasteiger partial charge in [0.1, 0.15) is 0 Å².